The predicted molar refractivity (Wildman–Crippen MR) is 155 cm³/mol. The molecule has 7 nitrogen and oxygen atoms in total. The summed E-state index contributed by atoms with van der Waals surface area (Å²) < 4.78 is 0. The van der Waals surface area contributed by atoms with Gasteiger partial charge in [-0.05, 0) is 41.8 Å². The van der Waals surface area contributed by atoms with E-state index in [1.807, 2.05) is 60.8 Å². The zero-order valence-electron chi connectivity index (χ0n) is 22.2. The number of aliphatic imine (C=N–C) groups is 1. The number of nitrogens with zero attached hydrogens (tertiary/aromatic N) is 4. The number of anilines is 1. The molecule has 1 atom stereocenters. The zero-order valence-corrected chi connectivity index (χ0v) is 22.2. The van der Waals surface area contributed by atoms with Crippen molar-refractivity contribution in [1.29, 1.82) is 0 Å². The zero-order chi connectivity index (χ0) is 26.5. The van der Waals surface area contributed by atoms with Gasteiger partial charge in [-0.1, -0.05) is 54.6 Å². The van der Waals surface area contributed by atoms with Crippen LogP contribution in [0.5, 0.6) is 0 Å². The average Bonchev–Trinajstić information content (AvgIpc) is 3.41. The number of likely N-dealkylation sites (tertiary alicyclic amines) is 1. The largest absolute Gasteiger partial charge is 0.386 e. The van der Waals surface area contributed by atoms with Crippen LogP contribution in [0.1, 0.15) is 33.5 Å². The van der Waals surface area contributed by atoms with Crippen molar-refractivity contribution in [2.24, 2.45) is 10.7 Å². The quantitative estimate of drug-likeness (QED) is 0.482. The second-order valence-corrected chi connectivity index (χ2v) is 10.3. The van der Waals surface area contributed by atoms with Crippen LogP contribution in [0.15, 0.2) is 90.1 Å². The highest BCUT2D eigenvalue weighted by atomic mass is 16.1. The Morgan fingerprint density at radius 1 is 1.03 bits per heavy atom. The maximum absolute atomic E-state index is 12.9. The first-order valence-electron chi connectivity index (χ1n) is 13.2. The topological polar surface area (TPSA) is 77.2 Å². The highest BCUT2D eigenvalue weighted by molar-refractivity contribution is 5.95. The third-order valence-corrected chi connectivity index (χ3v) is 7.26. The Balaban J connectivity index is 1.26. The number of hydrogen-bond donors (Lipinski definition) is 2. The van der Waals surface area contributed by atoms with Gasteiger partial charge in [-0.25, -0.2) is 4.99 Å². The molecule has 2 aliphatic rings. The summed E-state index contributed by atoms with van der Waals surface area (Å²) in [5.74, 6) is 0.525. The van der Waals surface area contributed by atoms with Crippen LogP contribution < -0.4 is 16.0 Å². The van der Waals surface area contributed by atoms with Crippen molar-refractivity contribution in [3.8, 4) is 0 Å². The summed E-state index contributed by atoms with van der Waals surface area (Å²) in [5, 5.41) is 3.03. The molecule has 3 aromatic rings. The van der Waals surface area contributed by atoms with Gasteiger partial charge in [0.1, 0.15) is 5.84 Å². The van der Waals surface area contributed by atoms with Crippen LogP contribution in [-0.4, -0.2) is 61.3 Å². The van der Waals surface area contributed by atoms with Crippen LogP contribution in [0, 0.1) is 0 Å². The van der Waals surface area contributed by atoms with Gasteiger partial charge in [-0.15, -0.1) is 0 Å². The van der Waals surface area contributed by atoms with E-state index < -0.39 is 0 Å². The molecule has 0 unspecified atom stereocenters. The van der Waals surface area contributed by atoms with Gasteiger partial charge in [0.2, 0.25) is 0 Å². The molecule has 1 saturated heterocycles. The molecule has 0 radical (unpaired) electrons. The second kappa shape index (κ2) is 11.5. The average molecular weight is 509 g/mol. The second-order valence-electron chi connectivity index (χ2n) is 10.3. The normalized spacial score (nSPS) is 17.6. The third-order valence-electron chi connectivity index (χ3n) is 7.26. The Kier molecular flexibility index (Phi) is 7.75. The maximum atomic E-state index is 12.9. The summed E-state index contributed by atoms with van der Waals surface area (Å²) in [6.45, 7) is 4.00. The molecule has 7 heteroatoms. The van der Waals surface area contributed by atoms with Crippen LogP contribution in [0.25, 0.3) is 5.70 Å². The van der Waals surface area contributed by atoms with Gasteiger partial charge in [0.15, 0.2) is 0 Å². The number of rotatable bonds is 8. The van der Waals surface area contributed by atoms with Gasteiger partial charge < -0.3 is 20.9 Å². The van der Waals surface area contributed by atoms with E-state index in [2.05, 4.69) is 63.4 Å². The van der Waals surface area contributed by atoms with E-state index in [-0.39, 0.29) is 5.91 Å². The summed E-state index contributed by atoms with van der Waals surface area (Å²) in [6.07, 6.45) is 2.90. The molecule has 0 spiro atoms. The number of carbonyl (C=O) groups is 1. The van der Waals surface area contributed by atoms with E-state index in [0.717, 1.165) is 42.9 Å². The highest BCUT2D eigenvalue weighted by Gasteiger charge is 2.31. The number of amidine groups is 1. The molecule has 2 aliphatic heterocycles. The molecule has 1 amide bonds. The van der Waals surface area contributed by atoms with Gasteiger partial charge in [0, 0.05) is 63.1 Å². The molecule has 2 heterocycles. The van der Waals surface area contributed by atoms with Crippen molar-refractivity contribution in [1.82, 2.24) is 15.1 Å². The Bertz CT molecular complexity index is 1320. The minimum Gasteiger partial charge on any atom is -0.386 e. The lowest BCUT2D eigenvalue weighted by Crippen LogP contribution is -2.43. The highest BCUT2D eigenvalue weighted by Crippen LogP contribution is 2.29. The molecule has 0 aromatic heterocycles. The third kappa shape index (κ3) is 6.06. The number of hydrogen-bond acceptors (Lipinski definition) is 6. The van der Waals surface area contributed by atoms with Gasteiger partial charge in [-0.3, -0.25) is 9.69 Å². The first-order chi connectivity index (χ1) is 18.5. The van der Waals surface area contributed by atoms with Gasteiger partial charge in [0.05, 0.1) is 18.4 Å². The Labute approximate surface area is 225 Å². The van der Waals surface area contributed by atoms with Crippen molar-refractivity contribution in [2.45, 2.75) is 25.6 Å². The lowest BCUT2D eigenvalue weighted by atomic mass is 10.0. The Hall–Kier alpha value is -4.10. The van der Waals surface area contributed by atoms with Crippen LogP contribution in [0.2, 0.25) is 0 Å². The number of benzene rings is 3. The fraction of sp³-hybridized carbons (Fsp3) is 0.290. The van der Waals surface area contributed by atoms with E-state index in [1.54, 1.807) is 0 Å². The molecule has 0 aliphatic carbocycles. The van der Waals surface area contributed by atoms with Crippen molar-refractivity contribution < 1.29 is 4.79 Å². The standard InChI is InChI=1S/C31H36N6O/c1-35(2)27-13-11-24(12-14-27)20-36-16-15-28(21-36)37-22-30(32)33-19-29(37)25-9-6-10-26(17-25)31(38)34-18-23-7-4-3-5-8-23/h3-14,17,19,28H,15-16,18,20-22H2,1-2H3,(H2,32,33)(H,34,38)/t28-/m0/s1. The van der Waals surface area contributed by atoms with Gasteiger partial charge in [0.25, 0.3) is 5.91 Å². The van der Waals surface area contributed by atoms with Crippen LogP contribution in [0.4, 0.5) is 5.69 Å². The number of nitrogens with one attached hydrogen (secondary N) is 1. The van der Waals surface area contributed by atoms with Crippen molar-refractivity contribution in [2.75, 3.05) is 38.6 Å². The van der Waals surface area contributed by atoms with Crippen molar-refractivity contribution >= 4 is 23.1 Å². The molecule has 0 saturated carbocycles. The predicted octanol–water partition coefficient (Wildman–Crippen LogP) is 3.93. The fourth-order valence-electron chi connectivity index (χ4n) is 5.15. The van der Waals surface area contributed by atoms with E-state index in [4.69, 9.17) is 5.73 Å². The minimum atomic E-state index is -0.0889. The molecule has 5 rings (SSSR count). The van der Waals surface area contributed by atoms with Crippen molar-refractivity contribution in [3.05, 3.63) is 107 Å². The van der Waals surface area contributed by atoms with E-state index in [0.29, 0.717) is 30.5 Å². The first kappa shape index (κ1) is 25.5. The van der Waals surface area contributed by atoms with E-state index in [9.17, 15) is 4.79 Å². The van der Waals surface area contributed by atoms with Gasteiger partial charge in [-0.2, -0.15) is 0 Å². The number of carbonyl (C=O) groups excluding carboxylic acids is 1. The summed E-state index contributed by atoms with van der Waals surface area (Å²) in [5.41, 5.74) is 12.4. The van der Waals surface area contributed by atoms with Crippen LogP contribution >= 0.6 is 0 Å². The van der Waals surface area contributed by atoms with Crippen molar-refractivity contribution in [3.63, 3.8) is 0 Å². The minimum absolute atomic E-state index is 0.0889. The summed E-state index contributed by atoms with van der Waals surface area (Å²) >= 11 is 0. The number of nitrogens with two attached hydrogens (primary N) is 1. The molecule has 3 N–H and O–H groups in total. The summed E-state index contributed by atoms with van der Waals surface area (Å²) in [6, 6.07) is 26.8. The van der Waals surface area contributed by atoms with Crippen LogP contribution in [-0.2, 0) is 13.1 Å². The molecule has 196 valence electrons. The van der Waals surface area contributed by atoms with Gasteiger partial charge >= 0.3 is 0 Å². The smallest absolute Gasteiger partial charge is 0.251 e. The van der Waals surface area contributed by atoms with E-state index in [1.165, 1.54) is 11.3 Å². The fourth-order valence-corrected chi connectivity index (χ4v) is 5.15. The summed E-state index contributed by atoms with van der Waals surface area (Å²) in [4.78, 5) is 24.3. The molecular formula is C31H36N6O. The molecular weight excluding hydrogens is 472 g/mol. The Morgan fingerprint density at radius 3 is 2.58 bits per heavy atom. The SMILES string of the molecule is CN(C)c1ccc(CN2CC[C@H](N3CC(N)=NC=C3c3cccc(C(=O)NCc4ccccc4)c3)C2)cc1. The molecule has 3 aromatic carbocycles. The maximum Gasteiger partial charge on any atom is 0.251 e. The molecule has 0 bridgehead atoms. The Morgan fingerprint density at radius 2 is 1.82 bits per heavy atom. The number of amides is 1. The van der Waals surface area contributed by atoms with E-state index >= 15 is 0 Å². The monoisotopic (exact) mass is 508 g/mol. The first-order valence-corrected chi connectivity index (χ1v) is 13.2. The lowest BCUT2D eigenvalue weighted by molar-refractivity contribution is 0.0951. The van der Waals surface area contributed by atoms with Crippen LogP contribution in [0.3, 0.4) is 0 Å². The molecule has 38 heavy (non-hydrogen) atoms. The molecule has 1 fully saturated rings. The lowest BCUT2D eigenvalue weighted by Gasteiger charge is -2.35. The summed E-state index contributed by atoms with van der Waals surface area (Å²) in [7, 11) is 4.12.